The standard InChI is InChI=1S/C19H21I2N5O5/c1-8(2-9-3-10(20)14(28)11(21)4-9)25-17-13-18(23-6-22-17)26(7-24-13)19-16(30)15(29)12(5-27)31-19/h3-4,6-8,12,15-16,19,27-30H,2,5H2,1H3,(H,22,23,25)/t8?,12-,15-,16-,19-/m1/s1. The van der Waals surface area contributed by atoms with Crippen LogP contribution in [0.1, 0.15) is 18.7 Å². The van der Waals surface area contributed by atoms with Crippen LogP contribution in [0, 0.1) is 7.14 Å². The van der Waals surface area contributed by atoms with Crippen molar-refractivity contribution in [2.75, 3.05) is 11.9 Å². The number of imidazole rings is 1. The molecule has 2 aromatic heterocycles. The molecular formula is C19H21I2N5O5. The molecule has 1 aliphatic rings. The van der Waals surface area contributed by atoms with Gasteiger partial charge in [0, 0.05) is 6.04 Å². The number of aliphatic hydroxyl groups excluding tert-OH is 3. The lowest BCUT2D eigenvalue weighted by Crippen LogP contribution is -2.33. The van der Waals surface area contributed by atoms with Gasteiger partial charge in [0.05, 0.1) is 20.1 Å². The predicted molar refractivity (Wildman–Crippen MR) is 129 cm³/mol. The number of rotatable bonds is 6. The van der Waals surface area contributed by atoms with E-state index in [2.05, 4.69) is 65.5 Å². The van der Waals surface area contributed by atoms with Crippen LogP contribution in [-0.2, 0) is 11.2 Å². The second-order valence-electron chi connectivity index (χ2n) is 7.43. The zero-order chi connectivity index (χ0) is 22.3. The average Bonchev–Trinajstić information content (AvgIpc) is 3.28. The van der Waals surface area contributed by atoms with Crippen molar-refractivity contribution in [3.8, 4) is 5.75 Å². The Balaban J connectivity index is 1.56. The molecule has 0 aliphatic carbocycles. The highest BCUT2D eigenvalue weighted by molar-refractivity contribution is 14.1. The largest absolute Gasteiger partial charge is 0.506 e. The summed E-state index contributed by atoms with van der Waals surface area (Å²) < 4.78 is 8.72. The van der Waals surface area contributed by atoms with Gasteiger partial charge in [-0.3, -0.25) is 4.57 Å². The van der Waals surface area contributed by atoms with E-state index in [9.17, 15) is 20.4 Å². The first-order valence-electron chi connectivity index (χ1n) is 9.53. The lowest BCUT2D eigenvalue weighted by atomic mass is 10.1. The van der Waals surface area contributed by atoms with E-state index in [1.165, 1.54) is 17.2 Å². The van der Waals surface area contributed by atoms with E-state index in [1.807, 2.05) is 19.1 Å². The molecule has 1 unspecified atom stereocenters. The van der Waals surface area contributed by atoms with Gasteiger partial charge in [-0.2, -0.15) is 0 Å². The zero-order valence-corrected chi connectivity index (χ0v) is 20.7. The lowest BCUT2D eigenvalue weighted by molar-refractivity contribution is -0.0511. The van der Waals surface area contributed by atoms with Crippen LogP contribution in [0.5, 0.6) is 5.75 Å². The SMILES string of the molecule is CC(Cc1cc(I)c(O)c(I)c1)Nc1ncnc2c1ncn2[C@@H]1O[C@H](CO)[C@@H](O)[C@H]1O. The molecule has 5 N–H and O–H groups in total. The smallest absolute Gasteiger partial charge is 0.167 e. The summed E-state index contributed by atoms with van der Waals surface area (Å²) >= 11 is 4.22. The minimum Gasteiger partial charge on any atom is -0.506 e. The van der Waals surface area contributed by atoms with Crippen LogP contribution in [0.4, 0.5) is 5.82 Å². The fraction of sp³-hybridized carbons (Fsp3) is 0.421. The van der Waals surface area contributed by atoms with Crippen LogP contribution in [0.25, 0.3) is 11.2 Å². The van der Waals surface area contributed by atoms with E-state index in [0.29, 0.717) is 29.2 Å². The first-order valence-corrected chi connectivity index (χ1v) is 11.7. The van der Waals surface area contributed by atoms with Gasteiger partial charge in [0.1, 0.15) is 30.4 Å². The summed E-state index contributed by atoms with van der Waals surface area (Å²) in [6, 6.07) is 3.90. The van der Waals surface area contributed by atoms with Crippen LogP contribution >= 0.6 is 45.2 Å². The highest BCUT2D eigenvalue weighted by atomic mass is 127. The number of ether oxygens (including phenoxy) is 1. The van der Waals surface area contributed by atoms with Gasteiger partial charge < -0.3 is 30.5 Å². The third kappa shape index (κ3) is 4.45. The number of hydrogen-bond acceptors (Lipinski definition) is 9. The van der Waals surface area contributed by atoms with Gasteiger partial charge >= 0.3 is 0 Å². The summed E-state index contributed by atoms with van der Waals surface area (Å²) in [4.78, 5) is 13.0. The Morgan fingerprint density at radius 3 is 2.52 bits per heavy atom. The van der Waals surface area contributed by atoms with Crippen molar-refractivity contribution in [2.24, 2.45) is 0 Å². The number of hydrogen-bond donors (Lipinski definition) is 5. The van der Waals surface area contributed by atoms with E-state index in [1.54, 1.807) is 0 Å². The van der Waals surface area contributed by atoms with E-state index in [0.717, 1.165) is 12.7 Å². The molecule has 10 nitrogen and oxygen atoms in total. The van der Waals surface area contributed by atoms with Crippen molar-refractivity contribution in [3.63, 3.8) is 0 Å². The Morgan fingerprint density at radius 2 is 1.87 bits per heavy atom. The molecule has 0 amide bonds. The highest BCUT2D eigenvalue weighted by Crippen LogP contribution is 2.32. The van der Waals surface area contributed by atoms with Crippen LogP contribution in [0.2, 0.25) is 0 Å². The summed E-state index contributed by atoms with van der Waals surface area (Å²) in [5.74, 6) is 0.824. The molecular weight excluding hydrogens is 632 g/mol. The Labute approximate surface area is 205 Å². The maximum absolute atomic E-state index is 10.3. The molecule has 166 valence electrons. The van der Waals surface area contributed by atoms with Gasteiger partial charge in [-0.1, -0.05) is 0 Å². The van der Waals surface area contributed by atoms with E-state index < -0.39 is 31.1 Å². The van der Waals surface area contributed by atoms with E-state index >= 15 is 0 Å². The first kappa shape index (κ1) is 22.8. The number of fused-ring (bicyclic) bond motifs is 1. The summed E-state index contributed by atoms with van der Waals surface area (Å²) in [6.45, 7) is 1.61. The molecule has 0 radical (unpaired) electrons. The zero-order valence-electron chi connectivity index (χ0n) is 16.4. The molecule has 31 heavy (non-hydrogen) atoms. The monoisotopic (exact) mass is 653 g/mol. The topological polar surface area (TPSA) is 146 Å². The Kier molecular flexibility index (Phi) is 6.83. The van der Waals surface area contributed by atoms with E-state index in [4.69, 9.17) is 4.74 Å². The minimum atomic E-state index is -1.22. The summed E-state index contributed by atoms with van der Waals surface area (Å²) in [5.41, 5.74) is 2.02. The summed E-state index contributed by atoms with van der Waals surface area (Å²) in [5, 5.41) is 43.0. The van der Waals surface area contributed by atoms with Gasteiger partial charge in [-0.25, -0.2) is 15.0 Å². The summed E-state index contributed by atoms with van der Waals surface area (Å²) in [7, 11) is 0. The number of phenols is 1. The van der Waals surface area contributed by atoms with Crippen molar-refractivity contribution in [1.29, 1.82) is 0 Å². The average molecular weight is 653 g/mol. The molecule has 0 saturated carbocycles. The molecule has 1 aromatic carbocycles. The van der Waals surface area contributed by atoms with Gasteiger partial charge in [0.15, 0.2) is 23.2 Å². The van der Waals surface area contributed by atoms with Gasteiger partial charge in [-0.05, 0) is 76.2 Å². The van der Waals surface area contributed by atoms with Crippen LogP contribution in [0.3, 0.4) is 0 Å². The number of nitrogens with zero attached hydrogens (tertiary/aromatic N) is 4. The fourth-order valence-electron chi connectivity index (χ4n) is 3.63. The van der Waals surface area contributed by atoms with Crippen LogP contribution < -0.4 is 5.32 Å². The molecule has 0 bridgehead atoms. The van der Waals surface area contributed by atoms with Crippen molar-refractivity contribution in [1.82, 2.24) is 19.5 Å². The number of anilines is 1. The van der Waals surface area contributed by atoms with Crippen molar-refractivity contribution in [2.45, 2.75) is 43.9 Å². The quantitative estimate of drug-likeness (QED) is 0.250. The molecule has 0 spiro atoms. The summed E-state index contributed by atoms with van der Waals surface area (Å²) in [6.07, 6.45) is -0.662. The number of halogens is 2. The van der Waals surface area contributed by atoms with Crippen LogP contribution in [-0.4, -0.2) is 70.9 Å². The van der Waals surface area contributed by atoms with Gasteiger partial charge in [0.25, 0.3) is 0 Å². The normalized spacial score (nSPS) is 24.6. The van der Waals surface area contributed by atoms with Gasteiger partial charge in [0.2, 0.25) is 0 Å². The maximum atomic E-state index is 10.3. The third-order valence-electron chi connectivity index (χ3n) is 5.15. The molecule has 12 heteroatoms. The number of phenolic OH excluding ortho intramolecular Hbond substituents is 1. The van der Waals surface area contributed by atoms with Gasteiger partial charge in [-0.15, -0.1) is 0 Å². The third-order valence-corrected chi connectivity index (χ3v) is 6.80. The highest BCUT2D eigenvalue weighted by Gasteiger charge is 2.44. The fourth-order valence-corrected chi connectivity index (χ4v) is 5.52. The Hall–Kier alpha value is -1.33. The molecule has 4 rings (SSSR count). The van der Waals surface area contributed by atoms with Crippen molar-refractivity contribution < 1.29 is 25.2 Å². The maximum Gasteiger partial charge on any atom is 0.167 e. The molecule has 5 atom stereocenters. The second-order valence-corrected chi connectivity index (χ2v) is 9.76. The predicted octanol–water partition coefficient (Wildman–Crippen LogP) is 1.40. The molecule has 1 saturated heterocycles. The van der Waals surface area contributed by atoms with E-state index in [-0.39, 0.29) is 6.04 Å². The van der Waals surface area contributed by atoms with Crippen molar-refractivity contribution in [3.05, 3.63) is 37.5 Å². The first-order chi connectivity index (χ1) is 14.8. The molecule has 1 aliphatic heterocycles. The minimum absolute atomic E-state index is 0.00769. The molecule has 1 fully saturated rings. The Bertz CT molecular complexity index is 1070. The number of aromatic nitrogens is 4. The number of nitrogens with one attached hydrogen (secondary N) is 1. The Morgan fingerprint density at radius 1 is 1.16 bits per heavy atom. The second kappa shape index (κ2) is 9.27. The van der Waals surface area contributed by atoms with Crippen LogP contribution in [0.15, 0.2) is 24.8 Å². The number of aromatic hydroxyl groups is 1. The molecule has 3 aromatic rings. The number of benzene rings is 1. The number of aliphatic hydroxyl groups is 3. The molecule has 3 heterocycles. The lowest BCUT2D eigenvalue weighted by Gasteiger charge is -2.17. The van der Waals surface area contributed by atoms with Crippen molar-refractivity contribution >= 4 is 62.2 Å².